The van der Waals surface area contributed by atoms with Crippen LogP contribution in [0.1, 0.15) is 16.1 Å². The highest BCUT2D eigenvalue weighted by Crippen LogP contribution is 2.32. The summed E-state index contributed by atoms with van der Waals surface area (Å²) >= 11 is 0. The highest BCUT2D eigenvalue weighted by Gasteiger charge is 2.28. The van der Waals surface area contributed by atoms with E-state index in [0.717, 1.165) is 5.56 Å². The van der Waals surface area contributed by atoms with Crippen LogP contribution in [0.4, 0.5) is 0 Å². The van der Waals surface area contributed by atoms with Crippen LogP contribution in [-0.2, 0) is 17.9 Å². The van der Waals surface area contributed by atoms with Crippen molar-refractivity contribution < 1.29 is 19.1 Å². The molecule has 2 aromatic rings. The Balaban J connectivity index is 1.40. The molecule has 2 aliphatic rings. The minimum atomic E-state index is -0.573. The SMILES string of the molecule is O=C1NC(C(=O)NCc2ccc3c(c2)OCO3)Cn2cccc21. The maximum Gasteiger partial charge on any atom is 0.268 e. The number of ether oxygens (including phenoxy) is 2. The number of aromatic nitrogens is 1. The van der Waals surface area contributed by atoms with E-state index in [4.69, 9.17) is 9.47 Å². The quantitative estimate of drug-likeness (QED) is 0.871. The molecule has 7 heteroatoms. The molecular weight excluding hydrogens is 298 g/mol. The van der Waals surface area contributed by atoms with Gasteiger partial charge in [0.05, 0.1) is 6.54 Å². The standard InChI is InChI=1S/C16H15N3O4/c20-15(11-8-19-5-1-2-12(19)16(21)18-11)17-7-10-3-4-13-14(6-10)23-9-22-13/h1-6,11H,7-9H2,(H,17,20)(H,18,21). The lowest BCUT2D eigenvalue weighted by Crippen LogP contribution is -2.52. The maximum atomic E-state index is 12.3. The molecule has 0 bridgehead atoms. The number of hydrogen-bond donors (Lipinski definition) is 2. The van der Waals surface area contributed by atoms with Crippen LogP contribution < -0.4 is 20.1 Å². The second kappa shape index (κ2) is 5.35. The van der Waals surface area contributed by atoms with E-state index >= 15 is 0 Å². The summed E-state index contributed by atoms with van der Waals surface area (Å²) < 4.78 is 12.3. The van der Waals surface area contributed by atoms with Gasteiger partial charge in [-0.1, -0.05) is 6.07 Å². The van der Waals surface area contributed by atoms with Gasteiger partial charge in [0.1, 0.15) is 11.7 Å². The number of rotatable bonds is 3. The van der Waals surface area contributed by atoms with Crippen molar-refractivity contribution in [2.45, 2.75) is 19.1 Å². The summed E-state index contributed by atoms with van der Waals surface area (Å²) in [4.78, 5) is 24.2. The predicted molar refractivity (Wildman–Crippen MR) is 80.1 cm³/mol. The van der Waals surface area contributed by atoms with Crippen LogP contribution in [0.15, 0.2) is 36.5 Å². The van der Waals surface area contributed by atoms with Crippen LogP contribution in [0.5, 0.6) is 11.5 Å². The lowest BCUT2D eigenvalue weighted by Gasteiger charge is -2.24. The average Bonchev–Trinajstić information content (AvgIpc) is 3.20. The number of carbonyl (C=O) groups excluding carboxylic acids is 2. The summed E-state index contributed by atoms with van der Waals surface area (Å²) in [7, 11) is 0. The Kier molecular flexibility index (Phi) is 3.18. The van der Waals surface area contributed by atoms with Gasteiger partial charge in [-0.25, -0.2) is 0 Å². The van der Waals surface area contributed by atoms with Gasteiger partial charge in [0.15, 0.2) is 11.5 Å². The van der Waals surface area contributed by atoms with Gasteiger partial charge in [-0.3, -0.25) is 9.59 Å². The first-order valence-corrected chi connectivity index (χ1v) is 7.33. The van der Waals surface area contributed by atoms with Crippen molar-refractivity contribution in [3.63, 3.8) is 0 Å². The van der Waals surface area contributed by atoms with E-state index < -0.39 is 6.04 Å². The van der Waals surface area contributed by atoms with Crippen LogP contribution in [0.3, 0.4) is 0 Å². The molecule has 1 unspecified atom stereocenters. The number of amides is 2. The fourth-order valence-corrected chi connectivity index (χ4v) is 2.77. The van der Waals surface area contributed by atoms with Crippen LogP contribution in [0, 0.1) is 0 Å². The second-order valence-electron chi connectivity index (χ2n) is 5.48. The Morgan fingerprint density at radius 3 is 3.09 bits per heavy atom. The van der Waals surface area contributed by atoms with E-state index in [9.17, 15) is 9.59 Å². The zero-order valence-electron chi connectivity index (χ0n) is 12.2. The number of carbonyl (C=O) groups is 2. The van der Waals surface area contributed by atoms with Crippen molar-refractivity contribution in [1.82, 2.24) is 15.2 Å². The smallest absolute Gasteiger partial charge is 0.268 e. The molecule has 7 nitrogen and oxygen atoms in total. The Bertz CT molecular complexity index is 783. The third kappa shape index (κ3) is 2.50. The lowest BCUT2D eigenvalue weighted by atomic mass is 10.1. The summed E-state index contributed by atoms with van der Waals surface area (Å²) in [6.07, 6.45) is 1.80. The molecule has 0 saturated heterocycles. The van der Waals surface area contributed by atoms with Crippen molar-refractivity contribution in [2.24, 2.45) is 0 Å². The topological polar surface area (TPSA) is 81.6 Å². The zero-order chi connectivity index (χ0) is 15.8. The minimum Gasteiger partial charge on any atom is -0.454 e. The fourth-order valence-electron chi connectivity index (χ4n) is 2.77. The van der Waals surface area contributed by atoms with Gasteiger partial charge in [0, 0.05) is 12.7 Å². The highest BCUT2D eigenvalue weighted by molar-refractivity contribution is 5.97. The molecule has 4 rings (SSSR count). The lowest BCUT2D eigenvalue weighted by molar-refractivity contribution is -0.123. The van der Waals surface area contributed by atoms with Crippen LogP contribution in [0.2, 0.25) is 0 Å². The molecule has 118 valence electrons. The Morgan fingerprint density at radius 1 is 1.30 bits per heavy atom. The zero-order valence-corrected chi connectivity index (χ0v) is 12.2. The van der Waals surface area contributed by atoms with Gasteiger partial charge in [-0.05, 0) is 29.8 Å². The molecule has 0 radical (unpaired) electrons. The second-order valence-corrected chi connectivity index (χ2v) is 5.48. The maximum absolute atomic E-state index is 12.3. The molecule has 0 aliphatic carbocycles. The Morgan fingerprint density at radius 2 is 2.17 bits per heavy atom. The number of nitrogens with zero attached hydrogens (tertiary/aromatic N) is 1. The number of benzene rings is 1. The summed E-state index contributed by atoms with van der Waals surface area (Å²) in [6.45, 7) is 1.01. The van der Waals surface area contributed by atoms with E-state index in [1.165, 1.54) is 0 Å². The monoisotopic (exact) mass is 313 g/mol. The number of hydrogen-bond acceptors (Lipinski definition) is 4. The molecule has 1 aromatic heterocycles. The van der Waals surface area contributed by atoms with Crippen LogP contribution >= 0.6 is 0 Å². The highest BCUT2D eigenvalue weighted by atomic mass is 16.7. The third-order valence-corrected chi connectivity index (χ3v) is 3.97. The van der Waals surface area contributed by atoms with Crippen LogP contribution in [0.25, 0.3) is 0 Å². The van der Waals surface area contributed by atoms with E-state index in [1.54, 1.807) is 22.9 Å². The molecule has 1 aromatic carbocycles. The first kappa shape index (κ1) is 13.7. The minimum absolute atomic E-state index is 0.213. The molecule has 0 fully saturated rings. The molecule has 3 heterocycles. The summed E-state index contributed by atoms with van der Waals surface area (Å²) in [5.74, 6) is 0.944. The van der Waals surface area contributed by atoms with Gasteiger partial charge in [-0.2, -0.15) is 0 Å². The number of nitrogens with one attached hydrogen (secondary N) is 2. The van der Waals surface area contributed by atoms with Crippen molar-refractivity contribution in [1.29, 1.82) is 0 Å². The van der Waals surface area contributed by atoms with Gasteiger partial charge in [-0.15, -0.1) is 0 Å². The molecule has 2 N–H and O–H groups in total. The first-order chi connectivity index (χ1) is 11.2. The van der Waals surface area contributed by atoms with Gasteiger partial charge >= 0.3 is 0 Å². The molecule has 23 heavy (non-hydrogen) atoms. The van der Waals surface area contributed by atoms with Gasteiger partial charge in [0.25, 0.3) is 5.91 Å². The molecule has 2 aliphatic heterocycles. The van der Waals surface area contributed by atoms with Gasteiger partial charge < -0.3 is 24.7 Å². The van der Waals surface area contributed by atoms with E-state index in [2.05, 4.69) is 10.6 Å². The summed E-state index contributed by atoms with van der Waals surface area (Å²) in [5, 5.41) is 5.56. The van der Waals surface area contributed by atoms with Crippen molar-refractivity contribution in [2.75, 3.05) is 6.79 Å². The van der Waals surface area contributed by atoms with Crippen LogP contribution in [-0.4, -0.2) is 29.2 Å². The molecule has 1 atom stereocenters. The fraction of sp³-hybridized carbons (Fsp3) is 0.250. The van der Waals surface area contributed by atoms with Crippen molar-refractivity contribution in [3.05, 3.63) is 47.8 Å². The van der Waals surface area contributed by atoms with Crippen molar-refractivity contribution in [3.8, 4) is 11.5 Å². The predicted octanol–water partition coefficient (Wildman–Crippen LogP) is 0.645. The summed E-state index contributed by atoms with van der Waals surface area (Å²) in [6, 6.07) is 8.48. The molecule has 0 spiro atoms. The Hall–Kier alpha value is -2.96. The first-order valence-electron chi connectivity index (χ1n) is 7.33. The van der Waals surface area contributed by atoms with Gasteiger partial charge in [0.2, 0.25) is 12.7 Å². The Labute approximate surface area is 132 Å². The van der Waals surface area contributed by atoms with E-state index in [-0.39, 0.29) is 18.6 Å². The molecule has 0 saturated carbocycles. The van der Waals surface area contributed by atoms with E-state index in [0.29, 0.717) is 30.3 Å². The van der Waals surface area contributed by atoms with E-state index in [1.807, 2.05) is 18.2 Å². The normalized spacial score (nSPS) is 18.3. The summed E-state index contributed by atoms with van der Waals surface area (Å²) in [5.41, 5.74) is 1.48. The number of fused-ring (bicyclic) bond motifs is 2. The average molecular weight is 313 g/mol. The largest absolute Gasteiger partial charge is 0.454 e. The molecular formula is C16H15N3O4. The van der Waals surface area contributed by atoms with Crippen molar-refractivity contribution >= 4 is 11.8 Å². The third-order valence-electron chi connectivity index (χ3n) is 3.97. The molecule has 2 amide bonds.